The molecule has 3 N–H and O–H groups in total. The van der Waals surface area contributed by atoms with Crippen LogP contribution >= 0.6 is 0 Å². The average molecular weight is 266 g/mol. The number of rotatable bonds is 6. The van der Waals surface area contributed by atoms with E-state index in [4.69, 9.17) is 10.5 Å². The van der Waals surface area contributed by atoms with Crippen molar-refractivity contribution in [1.29, 1.82) is 0 Å². The van der Waals surface area contributed by atoms with E-state index in [0.29, 0.717) is 0 Å². The smallest absolute Gasteiger partial charge is 0.251 e. The molecule has 0 amide bonds. The standard InChI is InChI=1S/C12H18N4O3/c1-3-9(2)19-11-6-4-5-10(7-11)8-14-12(13)15-16(17)18/h4-7,9H,3,8H2,1-2H3,(H3,13,14,15). The van der Waals surface area contributed by atoms with Crippen molar-refractivity contribution in [1.82, 2.24) is 5.43 Å². The minimum Gasteiger partial charge on any atom is -0.491 e. The van der Waals surface area contributed by atoms with E-state index in [1.54, 1.807) is 5.43 Å². The Hall–Kier alpha value is -2.31. The average Bonchev–Trinajstić information content (AvgIpc) is 2.36. The molecule has 0 aliphatic rings. The number of aliphatic imine (C=N–C) groups is 1. The molecule has 0 bridgehead atoms. The molecule has 0 heterocycles. The van der Waals surface area contributed by atoms with Gasteiger partial charge in [0.1, 0.15) is 5.75 Å². The fraction of sp³-hybridized carbons (Fsp3) is 0.417. The third kappa shape index (κ3) is 5.71. The first-order valence-electron chi connectivity index (χ1n) is 5.97. The molecule has 0 spiro atoms. The number of ether oxygens (including phenoxy) is 1. The van der Waals surface area contributed by atoms with Gasteiger partial charge in [0, 0.05) is 0 Å². The molecule has 1 unspecified atom stereocenters. The second kappa shape index (κ2) is 7.20. The maximum absolute atomic E-state index is 10.1. The largest absolute Gasteiger partial charge is 0.491 e. The third-order valence-corrected chi connectivity index (χ3v) is 2.45. The monoisotopic (exact) mass is 266 g/mol. The van der Waals surface area contributed by atoms with Gasteiger partial charge >= 0.3 is 0 Å². The molecule has 1 atom stereocenters. The molecule has 0 aliphatic carbocycles. The van der Waals surface area contributed by atoms with Crippen molar-refractivity contribution < 1.29 is 9.77 Å². The Kier molecular flexibility index (Phi) is 5.59. The molecule has 0 saturated carbocycles. The van der Waals surface area contributed by atoms with Gasteiger partial charge in [0.2, 0.25) is 0 Å². The Morgan fingerprint density at radius 3 is 3.00 bits per heavy atom. The van der Waals surface area contributed by atoms with Gasteiger partial charge < -0.3 is 10.5 Å². The molecule has 7 nitrogen and oxygen atoms in total. The van der Waals surface area contributed by atoms with E-state index in [9.17, 15) is 10.1 Å². The predicted molar refractivity (Wildman–Crippen MR) is 72.3 cm³/mol. The van der Waals surface area contributed by atoms with Crippen molar-refractivity contribution in [2.75, 3.05) is 0 Å². The van der Waals surface area contributed by atoms with E-state index < -0.39 is 5.03 Å². The number of nitrogens with one attached hydrogen (secondary N) is 1. The first kappa shape index (κ1) is 14.7. The zero-order valence-corrected chi connectivity index (χ0v) is 11.0. The van der Waals surface area contributed by atoms with Crippen molar-refractivity contribution in [3.05, 3.63) is 39.9 Å². The molecular weight excluding hydrogens is 248 g/mol. The SMILES string of the molecule is CCC(C)Oc1cccc(CN=C(N)N[N+](=O)[O-])c1. The summed E-state index contributed by atoms with van der Waals surface area (Å²) in [5.41, 5.74) is 7.99. The predicted octanol–water partition coefficient (Wildman–Crippen LogP) is 1.46. The summed E-state index contributed by atoms with van der Waals surface area (Å²) in [5.74, 6) is 0.529. The van der Waals surface area contributed by atoms with Crippen molar-refractivity contribution in [3.8, 4) is 5.75 Å². The van der Waals surface area contributed by atoms with Gasteiger partial charge in [0.05, 0.1) is 12.6 Å². The Labute approximate surface area is 111 Å². The topological polar surface area (TPSA) is 103 Å². The lowest BCUT2D eigenvalue weighted by Gasteiger charge is -2.12. The van der Waals surface area contributed by atoms with Crippen molar-refractivity contribution in [2.24, 2.45) is 10.7 Å². The number of hydrazine groups is 1. The highest BCUT2D eigenvalue weighted by molar-refractivity contribution is 5.76. The zero-order valence-electron chi connectivity index (χ0n) is 11.0. The van der Waals surface area contributed by atoms with E-state index in [2.05, 4.69) is 4.99 Å². The second-order valence-corrected chi connectivity index (χ2v) is 4.05. The summed E-state index contributed by atoms with van der Waals surface area (Å²) in [6, 6.07) is 7.40. The van der Waals surface area contributed by atoms with Gasteiger partial charge in [-0.1, -0.05) is 24.5 Å². The number of benzene rings is 1. The molecule has 1 aromatic rings. The molecule has 1 aromatic carbocycles. The van der Waals surface area contributed by atoms with Crippen LogP contribution in [0.1, 0.15) is 25.8 Å². The summed E-state index contributed by atoms with van der Waals surface area (Å²) in [6.07, 6.45) is 1.06. The van der Waals surface area contributed by atoms with Crippen LogP contribution in [0, 0.1) is 10.1 Å². The number of guanidine groups is 1. The summed E-state index contributed by atoms with van der Waals surface area (Å²) in [7, 11) is 0. The van der Waals surface area contributed by atoms with E-state index in [0.717, 1.165) is 17.7 Å². The van der Waals surface area contributed by atoms with Crippen LogP contribution in [0.3, 0.4) is 0 Å². The zero-order chi connectivity index (χ0) is 14.3. The van der Waals surface area contributed by atoms with Crippen LogP contribution in [-0.2, 0) is 6.54 Å². The van der Waals surface area contributed by atoms with Gasteiger partial charge in [-0.3, -0.25) is 0 Å². The highest BCUT2D eigenvalue weighted by Gasteiger charge is 2.03. The van der Waals surface area contributed by atoms with E-state index in [-0.39, 0.29) is 18.6 Å². The molecule has 19 heavy (non-hydrogen) atoms. The number of nitrogens with zero attached hydrogens (tertiary/aromatic N) is 2. The van der Waals surface area contributed by atoms with Crippen LogP contribution in [0.2, 0.25) is 0 Å². The van der Waals surface area contributed by atoms with Gasteiger partial charge in [-0.15, -0.1) is 0 Å². The Morgan fingerprint density at radius 1 is 1.63 bits per heavy atom. The van der Waals surface area contributed by atoms with Gasteiger partial charge in [-0.2, -0.15) is 0 Å². The van der Waals surface area contributed by atoms with Crippen LogP contribution < -0.4 is 15.9 Å². The lowest BCUT2D eigenvalue weighted by atomic mass is 10.2. The molecular formula is C12H18N4O3. The summed E-state index contributed by atoms with van der Waals surface area (Å²) in [6.45, 7) is 4.29. The lowest BCUT2D eigenvalue weighted by molar-refractivity contribution is -0.525. The molecule has 0 saturated heterocycles. The van der Waals surface area contributed by atoms with Crippen LogP contribution in [0.15, 0.2) is 29.3 Å². The highest BCUT2D eigenvalue weighted by atomic mass is 16.7. The van der Waals surface area contributed by atoms with E-state index in [1.807, 2.05) is 38.1 Å². The summed E-state index contributed by atoms with van der Waals surface area (Å²) in [5, 5.41) is 9.39. The van der Waals surface area contributed by atoms with Gasteiger partial charge in [-0.25, -0.2) is 15.1 Å². The van der Waals surface area contributed by atoms with Crippen molar-refractivity contribution in [3.63, 3.8) is 0 Å². The van der Waals surface area contributed by atoms with Crippen LogP contribution in [0.25, 0.3) is 0 Å². The number of hydrogen-bond acceptors (Lipinski definition) is 4. The summed E-state index contributed by atoms with van der Waals surface area (Å²) >= 11 is 0. The Morgan fingerprint density at radius 2 is 2.37 bits per heavy atom. The molecule has 1 rings (SSSR count). The fourth-order valence-corrected chi connectivity index (χ4v) is 1.34. The number of hydrogen-bond donors (Lipinski definition) is 2. The molecule has 104 valence electrons. The second-order valence-electron chi connectivity index (χ2n) is 4.05. The van der Waals surface area contributed by atoms with Crippen LogP contribution in [0.5, 0.6) is 5.75 Å². The Balaban J connectivity index is 2.64. The van der Waals surface area contributed by atoms with Gasteiger partial charge in [-0.05, 0) is 31.0 Å². The van der Waals surface area contributed by atoms with Crippen LogP contribution in [0.4, 0.5) is 0 Å². The van der Waals surface area contributed by atoms with Gasteiger partial charge in [0.15, 0.2) is 5.03 Å². The first-order valence-corrected chi connectivity index (χ1v) is 5.97. The highest BCUT2D eigenvalue weighted by Crippen LogP contribution is 2.16. The van der Waals surface area contributed by atoms with Gasteiger partial charge in [0.25, 0.3) is 5.96 Å². The Bertz CT molecular complexity index is 462. The minimum absolute atomic E-state index is 0.139. The first-order chi connectivity index (χ1) is 9.01. The van der Waals surface area contributed by atoms with E-state index >= 15 is 0 Å². The molecule has 0 fully saturated rings. The molecule has 0 aromatic heterocycles. The maximum atomic E-state index is 10.1. The van der Waals surface area contributed by atoms with Crippen molar-refractivity contribution >= 4 is 5.96 Å². The number of nitrogens with two attached hydrogens (primary N) is 1. The quantitative estimate of drug-likeness (QED) is 0.351. The molecule has 7 heteroatoms. The minimum atomic E-state index is -0.749. The molecule has 0 aliphatic heterocycles. The van der Waals surface area contributed by atoms with E-state index in [1.165, 1.54) is 0 Å². The lowest BCUT2D eigenvalue weighted by Crippen LogP contribution is -2.36. The molecule has 0 radical (unpaired) electrons. The maximum Gasteiger partial charge on any atom is 0.251 e. The normalized spacial score (nSPS) is 12.8. The number of nitro groups is 1. The fourth-order valence-electron chi connectivity index (χ4n) is 1.34. The van der Waals surface area contributed by atoms with Crippen molar-refractivity contribution in [2.45, 2.75) is 32.9 Å². The van der Waals surface area contributed by atoms with Crippen LogP contribution in [-0.4, -0.2) is 17.1 Å². The summed E-state index contributed by atoms with van der Waals surface area (Å²) in [4.78, 5) is 14.0. The summed E-state index contributed by atoms with van der Waals surface area (Å²) < 4.78 is 5.67. The third-order valence-electron chi connectivity index (χ3n) is 2.45.